The standard InChI is InChI=1S/C18H17BrFN3O2S/c1-10(11-3-6-15(25-2)13(19)7-11)21-9-17(24)23-18-22-14-5-4-12(20)8-16(14)26-18/h3-8,10,21H,9H2,1-2H3,(H,22,23,24). The average Bonchev–Trinajstić information content (AvgIpc) is 3.00. The zero-order valence-corrected chi connectivity index (χ0v) is 16.6. The lowest BCUT2D eigenvalue weighted by Crippen LogP contribution is -2.30. The van der Waals surface area contributed by atoms with E-state index in [1.54, 1.807) is 13.2 Å². The van der Waals surface area contributed by atoms with Crippen LogP contribution >= 0.6 is 27.3 Å². The Hall–Kier alpha value is -2.03. The van der Waals surface area contributed by atoms with Gasteiger partial charge in [-0.25, -0.2) is 9.37 Å². The van der Waals surface area contributed by atoms with Crippen LogP contribution < -0.4 is 15.4 Å². The van der Waals surface area contributed by atoms with Crippen molar-refractivity contribution in [3.05, 3.63) is 52.3 Å². The van der Waals surface area contributed by atoms with Crippen molar-refractivity contribution in [2.45, 2.75) is 13.0 Å². The Balaban J connectivity index is 1.58. The number of nitrogens with zero attached hydrogens (tertiary/aromatic N) is 1. The summed E-state index contributed by atoms with van der Waals surface area (Å²) in [5.41, 5.74) is 1.69. The van der Waals surface area contributed by atoms with Crippen LogP contribution in [0.1, 0.15) is 18.5 Å². The van der Waals surface area contributed by atoms with Crippen LogP contribution in [0.4, 0.5) is 9.52 Å². The number of hydrogen-bond acceptors (Lipinski definition) is 5. The van der Waals surface area contributed by atoms with Gasteiger partial charge in [-0.15, -0.1) is 0 Å². The normalized spacial score (nSPS) is 12.2. The number of thiazole rings is 1. The number of rotatable bonds is 6. The monoisotopic (exact) mass is 437 g/mol. The lowest BCUT2D eigenvalue weighted by Gasteiger charge is -2.15. The molecule has 2 N–H and O–H groups in total. The number of hydrogen-bond donors (Lipinski definition) is 2. The molecule has 2 aromatic carbocycles. The summed E-state index contributed by atoms with van der Waals surface area (Å²) >= 11 is 4.70. The fourth-order valence-corrected chi connectivity index (χ4v) is 3.90. The fourth-order valence-electron chi connectivity index (χ4n) is 2.43. The van der Waals surface area contributed by atoms with Crippen molar-refractivity contribution in [1.82, 2.24) is 10.3 Å². The van der Waals surface area contributed by atoms with Crippen LogP contribution in [-0.2, 0) is 4.79 Å². The van der Waals surface area contributed by atoms with Gasteiger partial charge in [0.15, 0.2) is 5.13 Å². The highest BCUT2D eigenvalue weighted by Gasteiger charge is 2.12. The van der Waals surface area contributed by atoms with E-state index in [9.17, 15) is 9.18 Å². The third kappa shape index (κ3) is 4.38. The Morgan fingerprint density at radius 2 is 2.15 bits per heavy atom. The number of aromatic nitrogens is 1. The summed E-state index contributed by atoms with van der Waals surface area (Å²) in [7, 11) is 1.61. The van der Waals surface area contributed by atoms with E-state index in [1.807, 2.05) is 25.1 Å². The van der Waals surface area contributed by atoms with Crippen molar-refractivity contribution in [1.29, 1.82) is 0 Å². The number of carbonyl (C=O) groups excluding carboxylic acids is 1. The lowest BCUT2D eigenvalue weighted by atomic mass is 10.1. The molecule has 1 aromatic heterocycles. The van der Waals surface area contributed by atoms with Crippen LogP contribution in [0.25, 0.3) is 10.2 Å². The first-order chi connectivity index (χ1) is 12.5. The van der Waals surface area contributed by atoms with Crippen LogP contribution in [0.2, 0.25) is 0 Å². The number of methoxy groups -OCH3 is 1. The molecule has 0 radical (unpaired) electrons. The number of ether oxygens (including phenoxy) is 1. The van der Waals surface area contributed by atoms with E-state index in [1.165, 1.54) is 23.5 Å². The van der Waals surface area contributed by atoms with Crippen LogP contribution in [-0.4, -0.2) is 24.5 Å². The molecular formula is C18H17BrFN3O2S. The Morgan fingerprint density at radius 1 is 1.35 bits per heavy atom. The molecule has 0 aliphatic carbocycles. The molecule has 0 saturated carbocycles. The predicted molar refractivity (Wildman–Crippen MR) is 105 cm³/mol. The van der Waals surface area contributed by atoms with Crippen molar-refractivity contribution in [3.8, 4) is 5.75 Å². The highest BCUT2D eigenvalue weighted by molar-refractivity contribution is 9.10. The van der Waals surface area contributed by atoms with Gasteiger partial charge in [-0.05, 0) is 58.7 Å². The minimum Gasteiger partial charge on any atom is -0.496 e. The number of halogens is 2. The third-order valence-corrected chi connectivity index (χ3v) is 5.39. The van der Waals surface area contributed by atoms with Crippen molar-refractivity contribution < 1.29 is 13.9 Å². The molecule has 0 aliphatic heterocycles. The zero-order chi connectivity index (χ0) is 18.7. The summed E-state index contributed by atoms with van der Waals surface area (Å²) in [5.74, 6) is 0.232. The Kier molecular flexibility index (Phi) is 5.85. The quantitative estimate of drug-likeness (QED) is 0.595. The van der Waals surface area contributed by atoms with Crippen molar-refractivity contribution in [3.63, 3.8) is 0 Å². The van der Waals surface area contributed by atoms with Gasteiger partial charge in [-0.2, -0.15) is 0 Å². The molecule has 1 amide bonds. The third-order valence-electron chi connectivity index (χ3n) is 3.84. The second-order valence-electron chi connectivity index (χ2n) is 5.68. The summed E-state index contributed by atoms with van der Waals surface area (Å²) < 4.78 is 20.0. The Labute approximate surface area is 162 Å². The summed E-state index contributed by atoms with van der Waals surface area (Å²) in [6.45, 7) is 2.11. The molecule has 26 heavy (non-hydrogen) atoms. The van der Waals surface area contributed by atoms with Gasteiger partial charge in [0.25, 0.3) is 0 Å². The molecule has 1 unspecified atom stereocenters. The number of anilines is 1. The zero-order valence-electron chi connectivity index (χ0n) is 14.2. The Bertz CT molecular complexity index is 947. The minimum atomic E-state index is -0.319. The van der Waals surface area contributed by atoms with Crippen LogP contribution in [0, 0.1) is 5.82 Å². The second kappa shape index (κ2) is 8.11. The minimum absolute atomic E-state index is 0.0209. The molecule has 0 spiro atoms. The molecule has 5 nitrogen and oxygen atoms in total. The van der Waals surface area contributed by atoms with E-state index in [0.717, 1.165) is 15.8 Å². The smallest absolute Gasteiger partial charge is 0.240 e. The summed E-state index contributed by atoms with van der Waals surface area (Å²) in [5, 5.41) is 6.37. The predicted octanol–water partition coefficient (Wildman–Crippen LogP) is 4.50. The van der Waals surface area contributed by atoms with Crippen molar-refractivity contribution in [2.75, 3.05) is 19.0 Å². The number of nitrogens with one attached hydrogen (secondary N) is 2. The maximum Gasteiger partial charge on any atom is 0.240 e. The van der Waals surface area contributed by atoms with E-state index in [0.29, 0.717) is 15.3 Å². The Morgan fingerprint density at radius 3 is 2.88 bits per heavy atom. The van der Waals surface area contributed by atoms with Crippen LogP contribution in [0.3, 0.4) is 0 Å². The molecule has 0 aliphatic rings. The molecular weight excluding hydrogens is 421 g/mol. The number of benzene rings is 2. The van der Waals surface area contributed by atoms with Gasteiger partial charge in [-0.3, -0.25) is 4.79 Å². The van der Waals surface area contributed by atoms with Gasteiger partial charge in [0, 0.05) is 6.04 Å². The SMILES string of the molecule is COc1ccc(C(C)NCC(=O)Nc2nc3ccc(F)cc3s2)cc1Br. The molecule has 1 atom stereocenters. The topological polar surface area (TPSA) is 63.2 Å². The number of fused-ring (bicyclic) bond motifs is 1. The molecule has 0 bridgehead atoms. The summed E-state index contributed by atoms with van der Waals surface area (Å²) in [6, 6.07) is 10.1. The van der Waals surface area contributed by atoms with Crippen molar-refractivity contribution >= 4 is 48.5 Å². The first-order valence-corrected chi connectivity index (χ1v) is 9.50. The summed E-state index contributed by atoms with van der Waals surface area (Å²) in [4.78, 5) is 16.4. The van der Waals surface area contributed by atoms with Gasteiger partial charge in [-0.1, -0.05) is 17.4 Å². The van der Waals surface area contributed by atoms with Crippen molar-refractivity contribution in [2.24, 2.45) is 0 Å². The molecule has 3 rings (SSSR count). The number of carbonyl (C=O) groups is 1. The highest BCUT2D eigenvalue weighted by atomic mass is 79.9. The van der Waals surface area contributed by atoms with Gasteiger partial charge in [0.2, 0.25) is 5.91 Å². The molecule has 0 saturated heterocycles. The lowest BCUT2D eigenvalue weighted by molar-refractivity contribution is -0.115. The van der Waals surface area contributed by atoms with E-state index in [2.05, 4.69) is 31.5 Å². The largest absolute Gasteiger partial charge is 0.496 e. The first kappa shape index (κ1) is 18.8. The maximum atomic E-state index is 13.2. The van der Waals surface area contributed by atoms with E-state index >= 15 is 0 Å². The average molecular weight is 438 g/mol. The van der Waals surface area contributed by atoms with Crippen LogP contribution in [0.5, 0.6) is 5.75 Å². The van der Waals surface area contributed by atoms with Gasteiger partial charge < -0.3 is 15.4 Å². The molecule has 0 fully saturated rings. The van der Waals surface area contributed by atoms with Crippen LogP contribution in [0.15, 0.2) is 40.9 Å². The number of amides is 1. The van der Waals surface area contributed by atoms with Gasteiger partial charge >= 0.3 is 0 Å². The van der Waals surface area contributed by atoms with Gasteiger partial charge in [0.1, 0.15) is 11.6 Å². The fraction of sp³-hybridized carbons (Fsp3) is 0.222. The molecule has 3 aromatic rings. The highest BCUT2D eigenvalue weighted by Crippen LogP contribution is 2.28. The molecule has 136 valence electrons. The van der Waals surface area contributed by atoms with E-state index in [4.69, 9.17) is 4.74 Å². The summed E-state index contributed by atoms with van der Waals surface area (Å²) in [6.07, 6.45) is 0. The van der Waals surface area contributed by atoms with E-state index < -0.39 is 0 Å². The maximum absolute atomic E-state index is 13.2. The first-order valence-electron chi connectivity index (χ1n) is 7.89. The van der Waals surface area contributed by atoms with Gasteiger partial charge in [0.05, 0.1) is 28.3 Å². The second-order valence-corrected chi connectivity index (χ2v) is 7.56. The molecule has 8 heteroatoms. The van der Waals surface area contributed by atoms with E-state index in [-0.39, 0.29) is 24.3 Å². The molecule has 1 heterocycles.